The first-order chi connectivity index (χ1) is 9.13. The number of nitrogens with one attached hydrogen (secondary N) is 2. The number of rotatable bonds is 1. The van der Waals surface area contributed by atoms with Crippen LogP contribution in [-0.4, -0.2) is 19.5 Å². The summed E-state index contributed by atoms with van der Waals surface area (Å²) < 4.78 is 1.39. The molecule has 3 unspecified atom stereocenters. The number of aromatic amines is 2. The normalized spacial score (nSPS) is 29.4. The van der Waals surface area contributed by atoms with Gasteiger partial charge >= 0.3 is 5.69 Å². The molecule has 2 aliphatic rings. The lowest BCUT2D eigenvalue weighted by Gasteiger charge is -2.18. The van der Waals surface area contributed by atoms with Gasteiger partial charge in [-0.25, -0.2) is 9.78 Å². The van der Waals surface area contributed by atoms with E-state index < -0.39 is 5.69 Å². The number of fused-ring (bicyclic) bond motifs is 3. The summed E-state index contributed by atoms with van der Waals surface area (Å²) in [5.41, 5.74) is 0.0925. The molecule has 2 heterocycles. The minimum atomic E-state index is -0.413. The Kier molecular flexibility index (Phi) is 2.08. The van der Waals surface area contributed by atoms with E-state index in [2.05, 4.69) is 15.0 Å². The molecule has 0 spiro atoms. The van der Waals surface area contributed by atoms with Gasteiger partial charge in [0.2, 0.25) is 0 Å². The quantitative estimate of drug-likeness (QED) is 0.797. The molecule has 0 amide bonds. The van der Waals surface area contributed by atoms with Crippen LogP contribution in [0.5, 0.6) is 0 Å². The zero-order valence-corrected chi connectivity index (χ0v) is 10.8. The van der Waals surface area contributed by atoms with E-state index in [1.807, 2.05) is 0 Å². The van der Waals surface area contributed by atoms with Gasteiger partial charge in [-0.15, -0.1) is 0 Å². The second kappa shape index (κ2) is 3.59. The van der Waals surface area contributed by atoms with Gasteiger partial charge in [0, 0.05) is 13.0 Å². The predicted octanol–water partition coefficient (Wildman–Crippen LogP) is 0.853. The summed E-state index contributed by atoms with van der Waals surface area (Å²) in [5.74, 6) is 2.83. The van der Waals surface area contributed by atoms with Gasteiger partial charge in [0.1, 0.15) is 11.3 Å². The van der Waals surface area contributed by atoms with Crippen molar-refractivity contribution in [2.75, 3.05) is 0 Å². The Balaban J connectivity index is 1.89. The van der Waals surface area contributed by atoms with Crippen molar-refractivity contribution in [1.82, 2.24) is 19.5 Å². The minimum absolute atomic E-state index is 0.375. The molecular formula is C13H16N4O2. The summed E-state index contributed by atoms with van der Waals surface area (Å²) in [6, 6.07) is 0. The van der Waals surface area contributed by atoms with Crippen molar-refractivity contribution in [3.05, 3.63) is 26.7 Å². The Morgan fingerprint density at radius 1 is 1.21 bits per heavy atom. The van der Waals surface area contributed by atoms with Gasteiger partial charge in [-0.05, 0) is 31.1 Å². The van der Waals surface area contributed by atoms with Crippen molar-refractivity contribution in [2.24, 2.45) is 18.9 Å². The Bertz CT molecular complexity index is 769. The van der Waals surface area contributed by atoms with E-state index >= 15 is 0 Å². The monoisotopic (exact) mass is 260 g/mol. The van der Waals surface area contributed by atoms with Crippen molar-refractivity contribution in [3.63, 3.8) is 0 Å². The maximum Gasteiger partial charge on any atom is 0.329 e. The van der Waals surface area contributed by atoms with Crippen LogP contribution in [0.1, 0.15) is 37.4 Å². The molecule has 0 aliphatic heterocycles. The smallest absolute Gasteiger partial charge is 0.329 e. The SMILES string of the molecule is Cn1c(=O)[nH]c(=O)c2[nH]c(C3CC4CCC3C4)nc21. The van der Waals surface area contributed by atoms with E-state index in [0.717, 1.165) is 18.2 Å². The second-order valence-corrected chi connectivity index (χ2v) is 5.92. The van der Waals surface area contributed by atoms with Crippen LogP contribution in [-0.2, 0) is 7.05 Å². The summed E-state index contributed by atoms with van der Waals surface area (Å²) in [6.45, 7) is 0. The van der Waals surface area contributed by atoms with E-state index in [4.69, 9.17) is 0 Å². The molecule has 6 heteroatoms. The molecule has 19 heavy (non-hydrogen) atoms. The molecule has 0 radical (unpaired) electrons. The van der Waals surface area contributed by atoms with E-state index in [1.54, 1.807) is 7.05 Å². The first kappa shape index (κ1) is 11.0. The van der Waals surface area contributed by atoms with Gasteiger partial charge in [-0.3, -0.25) is 14.3 Å². The average Bonchev–Trinajstić information content (AvgIpc) is 3.09. The highest BCUT2D eigenvalue weighted by Crippen LogP contribution is 2.52. The van der Waals surface area contributed by atoms with Crippen molar-refractivity contribution in [1.29, 1.82) is 0 Å². The summed E-state index contributed by atoms with van der Waals surface area (Å²) in [7, 11) is 1.63. The molecule has 2 aliphatic carbocycles. The zero-order valence-electron chi connectivity index (χ0n) is 10.8. The molecule has 4 rings (SSSR count). The highest BCUT2D eigenvalue weighted by molar-refractivity contribution is 5.69. The molecule has 2 bridgehead atoms. The van der Waals surface area contributed by atoms with Gasteiger partial charge in [-0.2, -0.15) is 0 Å². The Morgan fingerprint density at radius 3 is 2.74 bits per heavy atom. The van der Waals surface area contributed by atoms with Gasteiger partial charge in [0.15, 0.2) is 5.65 Å². The van der Waals surface area contributed by atoms with Crippen molar-refractivity contribution in [3.8, 4) is 0 Å². The largest absolute Gasteiger partial charge is 0.336 e. The molecule has 0 saturated heterocycles. The molecule has 6 nitrogen and oxygen atoms in total. The van der Waals surface area contributed by atoms with Crippen LogP contribution in [0, 0.1) is 11.8 Å². The van der Waals surface area contributed by atoms with Crippen LogP contribution >= 0.6 is 0 Å². The molecule has 3 atom stereocenters. The molecule has 2 aromatic heterocycles. The topological polar surface area (TPSA) is 83.5 Å². The van der Waals surface area contributed by atoms with E-state index in [1.165, 1.54) is 23.8 Å². The highest BCUT2D eigenvalue weighted by Gasteiger charge is 2.41. The first-order valence-electron chi connectivity index (χ1n) is 6.82. The van der Waals surface area contributed by atoms with Crippen molar-refractivity contribution >= 4 is 11.2 Å². The molecule has 2 saturated carbocycles. The van der Waals surface area contributed by atoms with E-state index in [-0.39, 0.29) is 5.56 Å². The third-order valence-corrected chi connectivity index (χ3v) is 4.86. The maximum absolute atomic E-state index is 11.8. The number of imidazole rings is 1. The third-order valence-electron chi connectivity index (χ3n) is 4.86. The summed E-state index contributed by atoms with van der Waals surface area (Å²) >= 11 is 0. The van der Waals surface area contributed by atoms with Gasteiger partial charge in [0.25, 0.3) is 5.56 Å². The predicted molar refractivity (Wildman–Crippen MR) is 70.1 cm³/mol. The average molecular weight is 260 g/mol. The standard InChI is InChI=1S/C13H16N4O2/c1-17-11-9(12(18)16-13(17)19)14-10(15-11)8-5-6-2-3-7(8)4-6/h6-8H,2-5H2,1H3,(H,14,15)(H,16,18,19). The fourth-order valence-corrected chi connectivity index (χ4v) is 3.88. The number of hydrogen-bond acceptors (Lipinski definition) is 3. The lowest BCUT2D eigenvalue weighted by Crippen LogP contribution is -2.28. The number of aromatic nitrogens is 4. The van der Waals surface area contributed by atoms with Crippen LogP contribution in [0.4, 0.5) is 0 Å². The molecular weight excluding hydrogens is 244 g/mol. The van der Waals surface area contributed by atoms with Crippen LogP contribution in [0.15, 0.2) is 9.59 Å². The second-order valence-electron chi connectivity index (χ2n) is 5.92. The minimum Gasteiger partial charge on any atom is -0.336 e. The fraction of sp³-hybridized carbons (Fsp3) is 0.615. The number of aryl methyl sites for hydroxylation is 1. The van der Waals surface area contributed by atoms with Gasteiger partial charge in [-0.1, -0.05) is 6.42 Å². The molecule has 2 N–H and O–H groups in total. The van der Waals surface area contributed by atoms with E-state index in [9.17, 15) is 9.59 Å². The summed E-state index contributed by atoms with van der Waals surface area (Å²) in [5, 5.41) is 0. The highest BCUT2D eigenvalue weighted by atomic mass is 16.2. The van der Waals surface area contributed by atoms with Crippen molar-refractivity contribution < 1.29 is 0 Å². The lowest BCUT2D eigenvalue weighted by atomic mass is 9.88. The first-order valence-corrected chi connectivity index (χ1v) is 6.82. The van der Waals surface area contributed by atoms with Crippen LogP contribution in [0.25, 0.3) is 11.2 Å². The fourth-order valence-electron chi connectivity index (χ4n) is 3.88. The van der Waals surface area contributed by atoms with Crippen LogP contribution < -0.4 is 11.2 Å². The number of hydrogen-bond donors (Lipinski definition) is 2. The van der Waals surface area contributed by atoms with Gasteiger partial charge < -0.3 is 4.98 Å². The van der Waals surface area contributed by atoms with Crippen LogP contribution in [0.3, 0.4) is 0 Å². The zero-order chi connectivity index (χ0) is 13.1. The molecule has 2 aromatic rings. The Morgan fingerprint density at radius 2 is 2.05 bits per heavy atom. The maximum atomic E-state index is 11.8. The van der Waals surface area contributed by atoms with Crippen LogP contribution in [0.2, 0.25) is 0 Å². The van der Waals surface area contributed by atoms with E-state index in [0.29, 0.717) is 23.0 Å². The van der Waals surface area contributed by atoms with Crippen molar-refractivity contribution in [2.45, 2.75) is 31.6 Å². The third kappa shape index (κ3) is 1.45. The lowest BCUT2D eigenvalue weighted by molar-refractivity contribution is 0.408. The Hall–Kier alpha value is -1.85. The number of H-pyrrole nitrogens is 2. The van der Waals surface area contributed by atoms with Gasteiger partial charge in [0.05, 0.1) is 0 Å². The summed E-state index contributed by atoms with van der Waals surface area (Å²) in [6.07, 6.45) is 5.05. The number of nitrogens with zero attached hydrogens (tertiary/aromatic N) is 2. The molecule has 2 fully saturated rings. The molecule has 0 aromatic carbocycles. The summed E-state index contributed by atoms with van der Waals surface area (Å²) in [4.78, 5) is 33.3. The Labute approximate surface area is 108 Å². The molecule has 100 valence electrons.